The third kappa shape index (κ3) is 2.86. The molecule has 0 radical (unpaired) electrons. The van der Waals surface area contributed by atoms with Gasteiger partial charge in [0.1, 0.15) is 0 Å². The molecule has 0 aromatic heterocycles. The van der Waals surface area contributed by atoms with Gasteiger partial charge in [-0.15, -0.1) is 0 Å². The highest BCUT2D eigenvalue weighted by Crippen LogP contribution is 2.59. The van der Waals surface area contributed by atoms with Crippen LogP contribution < -0.4 is 0 Å². The van der Waals surface area contributed by atoms with Gasteiger partial charge in [-0.2, -0.15) is 0 Å². The molecule has 3 aliphatic carbocycles. The van der Waals surface area contributed by atoms with Gasteiger partial charge in [-0.3, -0.25) is 0 Å². The van der Waals surface area contributed by atoms with E-state index in [0.717, 1.165) is 30.6 Å². The average Bonchev–Trinajstić information content (AvgIpc) is 2.64. The number of unbranched alkanes of at least 4 members (excludes halogenated alkanes) is 5. The third-order valence-corrected chi connectivity index (χ3v) is 6.39. The largest absolute Gasteiger partial charge is 0.390 e. The van der Waals surface area contributed by atoms with Crippen molar-refractivity contribution >= 4 is 0 Å². The maximum absolute atomic E-state index is 11.1. The average molecular weight is 264 g/mol. The molecule has 0 amide bonds. The number of fused-ring (bicyclic) bond motifs is 2. The van der Waals surface area contributed by atoms with E-state index in [2.05, 4.69) is 6.92 Å². The van der Waals surface area contributed by atoms with Crippen LogP contribution in [0.1, 0.15) is 84.0 Å². The second-order valence-electron chi connectivity index (χ2n) is 7.87. The van der Waals surface area contributed by atoms with E-state index in [1.165, 1.54) is 64.2 Å². The maximum Gasteiger partial charge on any atom is 0.0681 e. The first-order valence-corrected chi connectivity index (χ1v) is 8.93. The van der Waals surface area contributed by atoms with E-state index in [9.17, 15) is 5.11 Å². The van der Waals surface area contributed by atoms with Gasteiger partial charge in [0.25, 0.3) is 0 Å². The third-order valence-electron chi connectivity index (χ3n) is 6.39. The lowest BCUT2D eigenvalue weighted by atomic mass is 9.63. The van der Waals surface area contributed by atoms with E-state index in [0.29, 0.717) is 5.92 Å². The standard InChI is InChI=1S/C18H32O/c1-2-3-4-5-6-7-8-18(19)13-15-9-14-10-16(11-15)17(18)12-14/h14-17,19H,2-13H2,1H3/t14-,15+,16-,17?,18?/m0/s1. The molecule has 2 unspecified atom stereocenters. The molecule has 0 spiro atoms. The molecule has 110 valence electrons. The molecule has 3 bridgehead atoms. The zero-order chi connectivity index (χ0) is 13.3. The summed E-state index contributed by atoms with van der Waals surface area (Å²) in [6.07, 6.45) is 16.0. The normalized spacial score (nSPS) is 43.9. The number of rotatable bonds is 7. The molecule has 1 nitrogen and oxygen atoms in total. The van der Waals surface area contributed by atoms with Crippen molar-refractivity contribution < 1.29 is 5.11 Å². The molecule has 0 aromatic carbocycles. The molecule has 0 aromatic rings. The van der Waals surface area contributed by atoms with E-state index < -0.39 is 0 Å². The fraction of sp³-hybridized carbons (Fsp3) is 1.00. The highest BCUT2D eigenvalue weighted by Gasteiger charge is 2.54. The minimum absolute atomic E-state index is 0.260. The lowest BCUT2D eigenvalue weighted by molar-refractivity contribution is -0.0876. The Morgan fingerprint density at radius 1 is 0.895 bits per heavy atom. The van der Waals surface area contributed by atoms with Crippen molar-refractivity contribution in [2.24, 2.45) is 23.7 Å². The van der Waals surface area contributed by atoms with E-state index in [4.69, 9.17) is 0 Å². The van der Waals surface area contributed by atoms with Gasteiger partial charge >= 0.3 is 0 Å². The van der Waals surface area contributed by atoms with Gasteiger partial charge in [0, 0.05) is 0 Å². The molecule has 3 rings (SSSR count). The van der Waals surface area contributed by atoms with Gasteiger partial charge in [-0.05, 0) is 62.2 Å². The zero-order valence-electron chi connectivity index (χ0n) is 12.7. The van der Waals surface area contributed by atoms with Crippen molar-refractivity contribution in [3.8, 4) is 0 Å². The maximum atomic E-state index is 11.1. The number of hydrogen-bond donors (Lipinski definition) is 1. The minimum atomic E-state index is -0.260. The first kappa shape index (κ1) is 13.9. The van der Waals surface area contributed by atoms with Crippen LogP contribution in [0.15, 0.2) is 0 Å². The lowest BCUT2D eigenvalue weighted by Gasteiger charge is -2.45. The van der Waals surface area contributed by atoms with Crippen LogP contribution in [0.4, 0.5) is 0 Å². The molecule has 19 heavy (non-hydrogen) atoms. The smallest absolute Gasteiger partial charge is 0.0681 e. The summed E-state index contributed by atoms with van der Waals surface area (Å²) >= 11 is 0. The van der Waals surface area contributed by atoms with Crippen LogP contribution in [0.25, 0.3) is 0 Å². The van der Waals surface area contributed by atoms with Gasteiger partial charge in [0.05, 0.1) is 5.60 Å². The van der Waals surface area contributed by atoms with Crippen molar-refractivity contribution in [1.82, 2.24) is 0 Å². The van der Waals surface area contributed by atoms with Gasteiger partial charge in [0.15, 0.2) is 0 Å². The number of aliphatic hydroxyl groups is 1. The van der Waals surface area contributed by atoms with Crippen molar-refractivity contribution in [3.05, 3.63) is 0 Å². The molecule has 1 heteroatoms. The van der Waals surface area contributed by atoms with Crippen molar-refractivity contribution in [2.75, 3.05) is 0 Å². The zero-order valence-corrected chi connectivity index (χ0v) is 12.7. The van der Waals surface area contributed by atoms with Crippen molar-refractivity contribution in [2.45, 2.75) is 89.6 Å². The van der Waals surface area contributed by atoms with E-state index in [-0.39, 0.29) is 5.60 Å². The summed E-state index contributed by atoms with van der Waals surface area (Å²) in [7, 11) is 0. The van der Waals surface area contributed by atoms with Crippen LogP contribution in [0.5, 0.6) is 0 Å². The van der Waals surface area contributed by atoms with Crippen LogP contribution in [0, 0.1) is 23.7 Å². The summed E-state index contributed by atoms with van der Waals surface area (Å²) in [5.74, 6) is 3.41. The molecule has 1 N–H and O–H groups in total. The van der Waals surface area contributed by atoms with Crippen molar-refractivity contribution in [1.29, 1.82) is 0 Å². The van der Waals surface area contributed by atoms with Crippen LogP contribution in [0.3, 0.4) is 0 Å². The first-order chi connectivity index (χ1) is 9.21. The molecule has 5 atom stereocenters. The predicted molar refractivity (Wildman–Crippen MR) is 80.0 cm³/mol. The Hall–Kier alpha value is -0.0400. The minimum Gasteiger partial charge on any atom is -0.390 e. The van der Waals surface area contributed by atoms with Gasteiger partial charge in [0.2, 0.25) is 0 Å². The predicted octanol–water partition coefficient (Wildman–Crippen LogP) is 4.92. The fourth-order valence-corrected chi connectivity index (χ4v) is 5.66. The summed E-state index contributed by atoms with van der Waals surface area (Å²) in [5.41, 5.74) is -0.260. The molecule has 0 heterocycles. The topological polar surface area (TPSA) is 20.2 Å². The first-order valence-electron chi connectivity index (χ1n) is 8.93. The molecule has 3 fully saturated rings. The highest BCUT2D eigenvalue weighted by molar-refractivity contribution is 5.05. The van der Waals surface area contributed by atoms with Gasteiger partial charge in [-0.25, -0.2) is 0 Å². The highest BCUT2D eigenvalue weighted by atomic mass is 16.3. The van der Waals surface area contributed by atoms with Crippen LogP contribution in [-0.2, 0) is 0 Å². The second kappa shape index (κ2) is 5.76. The Kier molecular flexibility index (Phi) is 4.22. The summed E-state index contributed by atoms with van der Waals surface area (Å²) in [6.45, 7) is 2.27. The summed E-state index contributed by atoms with van der Waals surface area (Å²) in [4.78, 5) is 0. The lowest BCUT2D eigenvalue weighted by Crippen LogP contribution is -2.45. The summed E-state index contributed by atoms with van der Waals surface area (Å²) in [5, 5.41) is 11.1. The Labute approximate surface area is 119 Å². The van der Waals surface area contributed by atoms with Crippen LogP contribution in [-0.4, -0.2) is 10.7 Å². The Balaban J connectivity index is 1.47. The molecule has 0 aliphatic heterocycles. The Morgan fingerprint density at radius 3 is 2.47 bits per heavy atom. The monoisotopic (exact) mass is 264 g/mol. The van der Waals surface area contributed by atoms with Crippen molar-refractivity contribution in [3.63, 3.8) is 0 Å². The quantitative estimate of drug-likeness (QED) is 0.647. The van der Waals surface area contributed by atoms with E-state index in [1.807, 2.05) is 0 Å². The fourth-order valence-electron chi connectivity index (χ4n) is 5.66. The summed E-state index contributed by atoms with van der Waals surface area (Å²) < 4.78 is 0. The summed E-state index contributed by atoms with van der Waals surface area (Å²) in [6, 6.07) is 0. The molecule has 3 aliphatic rings. The number of hydrogen-bond acceptors (Lipinski definition) is 1. The Morgan fingerprint density at radius 2 is 1.63 bits per heavy atom. The molecule has 0 saturated heterocycles. The van der Waals surface area contributed by atoms with Gasteiger partial charge in [-0.1, -0.05) is 45.4 Å². The van der Waals surface area contributed by atoms with E-state index >= 15 is 0 Å². The van der Waals surface area contributed by atoms with E-state index in [1.54, 1.807) is 0 Å². The molecular weight excluding hydrogens is 232 g/mol. The van der Waals surface area contributed by atoms with Crippen LogP contribution >= 0.6 is 0 Å². The molecule has 3 saturated carbocycles. The second-order valence-corrected chi connectivity index (χ2v) is 7.87. The SMILES string of the molecule is CCCCCCCCC1(O)C[C@@H]2C[C@@H]3CC1[C@H](C2)C3. The van der Waals surface area contributed by atoms with Crippen LogP contribution in [0.2, 0.25) is 0 Å². The Bertz CT molecular complexity index is 298. The van der Waals surface area contributed by atoms with Gasteiger partial charge < -0.3 is 5.11 Å². The molecular formula is C18H32O.